The van der Waals surface area contributed by atoms with Crippen molar-refractivity contribution < 1.29 is 28.2 Å². The fraction of sp³-hybridized carbons (Fsp3) is 0.211. The molecule has 7 rings (SSSR count). The van der Waals surface area contributed by atoms with E-state index in [2.05, 4.69) is 26.8 Å². The van der Waals surface area contributed by atoms with Crippen molar-refractivity contribution in [2.45, 2.75) is 25.5 Å². The average Bonchev–Trinajstić information content (AvgIpc) is 3.62. The Morgan fingerprint density at radius 1 is 1.02 bits per heavy atom. The zero-order valence-corrected chi connectivity index (χ0v) is 27.9. The number of alkyl carbamates (subject to hydrolysis) is 1. The third kappa shape index (κ3) is 6.23. The minimum absolute atomic E-state index is 0.00680. The third-order valence-corrected chi connectivity index (χ3v) is 9.08. The van der Waals surface area contributed by atoms with Crippen molar-refractivity contribution in [1.29, 1.82) is 5.26 Å². The second-order valence-electron chi connectivity index (χ2n) is 12.4. The second-order valence-corrected chi connectivity index (χ2v) is 12.4. The number of pyridine rings is 1. The highest BCUT2D eigenvalue weighted by molar-refractivity contribution is 5.96. The molecule has 2 N–H and O–H groups in total. The molecule has 0 unspecified atom stereocenters. The van der Waals surface area contributed by atoms with Gasteiger partial charge in [-0.25, -0.2) is 14.2 Å². The summed E-state index contributed by atoms with van der Waals surface area (Å²) in [5, 5.41) is 19.6. The molecule has 5 aromatic rings. The molecule has 3 amide bonds. The zero-order valence-electron chi connectivity index (χ0n) is 27.9. The number of amides is 3. The summed E-state index contributed by atoms with van der Waals surface area (Å²) in [5.74, 6) is -1.62. The molecule has 1 aliphatic heterocycles. The van der Waals surface area contributed by atoms with E-state index in [0.717, 1.165) is 22.3 Å². The number of aromatic nitrogens is 3. The van der Waals surface area contributed by atoms with Gasteiger partial charge < -0.3 is 25.0 Å². The van der Waals surface area contributed by atoms with Crippen LogP contribution in [0.25, 0.3) is 22.3 Å². The van der Waals surface area contributed by atoms with Crippen LogP contribution in [-0.2, 0) is 23.1 Å². The summed E-state index contributed by atoms with van der Waals surface area (Å²) in [6, 6.07) is 23.5. The fourth-order valence-corrected chi connectivity index (χ4v) is 6.69. The van der Waals surface area contributed by atoms with Crippen LogP contribution >= 0.6 is 0 Å². The van der Waals surface area contributed by atoms with E-state index in [9.17, 15) is 24.0 Å². The van der Waals surface area contributed by atoms with Gasteiger partial charge in [0, 0.05) is 48.5 Å². The van der Waals surface area contributed by atoms with Crippen LogP contribution in [0.15, 0.2) is 79.0 Å². The number of aryl methyl sites for hydroxylation is 1. The predicted molar refractivity (Wildman–Crippen MR) is 184 cm³/mol. The molecule has 0 saturated carbocycles. The molecule has 256 valence electrons. The number of anilines is 1. The lowest BCUT2D eigenvalue weighted by Gasteiger charge is -2.24. The molecule has 1 aliphatic carbocycles. The van der Waals surface area contributed by atoms with E-state index < -0.39 is 36.4 Å². The van der Waals surface area contributed by atoms with Gasteiger partial charge in [-0.3, -0.25) is 14.3 Å². The Morgan fingerprint density at radius 2 is 1.73 bits per heavy atom. The molecular formula is C38H32FN7O5. The molecule has 0 radical (unpaired) electrons. The molecule has 51 heavy (non-hydrogen) atoms. The zero-order chi connectivity index (χ0) is 35.8. The van der Waals surface area contributed by atoms with Gasteiger partial charge in [0.25, 0.3) is 5.91 Å². The number of halogens is 1. The predicted octanol–water partition coefficient (Wildman–Crippen LogP) is 5.70. The average molecular weight is 686 g/mol. The number of nitriles is 1. The molecule has 2 bridgehead atoms. The number of rotatable bonds is 5. The SMILES string of the molecule is C[C@H]1Oc2cc(cnc2NC(=O)CNC(=O)OCC2c3ccccc3-c3ccccc32)-c2c(nn(C)c2C#N)CN(C)C(=O)c2ccc(F)cc21. The van der Waals surface area contributed by atoms with E-state index >= 15 is 0 Å². The highest BCUT2D eigenvalue weighted by atomic mass is 19.1. The van der Waals surface area contributed by atoms with Crippen LogP contribution in [0.4, 0.5) is 15.0 Å². The van der Waals surface area contributed by atoms with Crippen LogP contribution in [0.2, 0.25) is 0 Å². The van der Waals surface area contributed by atoms with E-state index in [1.165, 1.54) is 34.0 Å². The Morgan fingerprint density at radius 3 is 2.43 bits per heavy atom. The Hall–Kier alpha value is -6.55. The van der Waals surface area contributed by atoms with Gasteiger partial charge in [-0.15, -0.1) is 0 Å². The summed E-state index contributed by atoms with van der Waals surface area (Å²) >= 11 is 0. The van der Waals surface area contributed by atoms with Crippen LogP contribution in [0.5, 0.6) is 5.75 Å². The fourth-order valence-electron chi connectivity index (χ4n) is 6.69. The standard InChI is InChI=1S/C38H32FN7O5/c1-21-29-15-23(39)12-13-28(29)37(48)45(2)19-31-35(32(16-40)46(3)44-31)22-14-33(51-21)36(41-17-22)43-34(47)18-42-38(49)50-20-30-26-10-6-4-8-24(26)25-9-5-7-11-27(25)30/h4-15,17,21,30H,18-20H2,1-3H3,(H,42,49)(H,41,43,47)/t21-/m1/s1. The minimum atomic E-state index is -0.872. The van der Waals surface area contributed by atoms with Gasteiger partial charge in [-0.1, -0.05) is 48.5 Å². The van der Waals surface area contributed by atoms with E-state index in [-0.39, 0.29) is 47.5 Å². The first-order chi connectivity index (χ1) is 24.6. The maximum absolute atomic E-state index is 14.5. The Labute approximate surface area is 292 Å². The van der Waals surface area contributed by atoms with Crippen molar-refractivity contribution in [3.63, 3.8) is 0 Å². The summed E-state index contributed by atoms with van der Waals surface area (Å²) in [7, 11) is 3.21. The molecular weight excluding hydrogens is 653 g/mol. The molecule has 0 spiro atoms. The minimum Gasteiger partial charge on any atom is -0.482 e. The van der Waals surface area contributed by atoms with Crippen LogP contribution in [0, 0.1) is 17.1 Å². The summed E-state index contributed by atoms with van der Waals surface area (Å²) in [4.78, 5) is 45.3. The maximum atomic E-state index is 14.5. The first kappa shape index (κ1) is 33.0. The first-order valence-corrected chi connectivity index (χ1v) is 16.2. The van der Waals surface area contributed by atoms with Gasteiger partial charge in [-0.2, -0.15) is 10.4 Å². The second kappa shape index (κ2) is 13.4. The largest absolute Gasteiger partial charge is 0.482 e. The summed E-state index contributed by atoms with van der Waals surface area (Å²) < 4.78 is 27.7. The van der Waals surface area contributed by atoms with Gasteiger partial charge in [-0.05, 0) is 53.4 Å². The molecule has 12 nitrogen and oxygen atoms in total. The van der Waals surface area contributed by atoms with Gasteiger partial charge in [0.15, 0.2) is 11.6 Å². The highest BCUT2D eigenvalue weighted by Crippen LogP contribution is 2.44. The van der Waals surface area contributed by atoms with E-state index in [1.807, 2.05) is 48.5 Å². The van der Waals surface area contributed by atoms with Crippen molar-refractivity contribution in [3.8, 4) is 34.1 Å². The van der Waals surface area contributed by atoms with Gasteiger partial charge in [0.1, 0.15) is 36.8 Å². The summed E-state index contributed by atoms with van der Waals surface area (Å²) in [5.41, 5.74) is 6.38. The van der Waals surface area contributed by atoms with E-state index in [0.29, 0.717) is 16.8 Å². The van der Waals surface area contributed by atoms with Crippen molar-refractivity contribution in [2.24, 2.45) is 7.05 Å². The van der Waals surface area contributed by atoms with Crippen LogP contribution < -0.4 is 15.4 Å². The first-order valence-electron chi connectivity index (χ1n) is 16.2. The normalized spacial score (nSPS) is 14.8. The smallest absolute Gasteiger partial charge is 0.407 e. The molecule has 2 aliphatic rings. The van der Waals surface area contributed by atoms with Gasteiger partial charge >= 0.3 is 6.09 Å². The number of fused-ring (bicyclic) bond motifs is 8. The van der Waals surface area contributed by atoms with Crippen molar-refractivity contribution >= 4 is 23.7 Å². The molecule has 13 heteroatoms. The lowest BCUT2D eigenvalue weighted by Crippen LogP contribution is -2.34. The molecule has 0 fully saturated rings. The number of nitrogens with zero attached hydrogens (tertiary/aromatic N) is 5. The number of hydrogen-bond donors (Lipinski definition) is 2. The van der Waals surface area contributed by atoms with Crippen molar-refractivity contribution in [3.05, 3.63) is 118 Å². The molecule has 0 saturated heterocycles. The lowest BCUT2D eigenvalue weighted by molar-refractivity contribution is -0.115. The van der Waals surface area contributed by atoms with Gasteiger partial charge in [0.05, 0.1) is 12.2 Å². The number of carbonyl (C=O) groups is 3. The van der Waals surface area contributed by atoms with Crippen LogP contribution in [-0.4, -0.2) is 57.8 Å². The van der Waals surface area contributed by atoms with Crippen LogP contribution in [0.3, 0.4) is 0 Å². The van der Waals surface area contributed by atoms with Crippen LogP contribution in [0.1, 0.15) is 57.4 Å². The van der Waals surface area contributed by atoms with Crippen molar-refractivity contribution in [2.75, 3.05) is 25.5 Å². The molecule has 1 atom stereocenters. The lowest BCUT2D eigenvalue weighted by atomic mass is 9.98. The van der Waals surface area contributed by atoms with Crippen molar-refractivity contribution in [1.82, 2.24) is 25.0 Å². The van der Waals surface area contributed by atoms with E-state index in [1.54, 1.807) is 27.1 Å². The molecule has 3 heterocycles. The Balaban J connectivity index is 1.11. The van der Waals surface area contributed by atoms with E-state index in [4.69, 9.17) is 9.47 Å². The topological polar surface area (TPSA) is 151 Å². The number of nitrogens with one attached hydrogen (secondary N) is 2. The van der Waals surface area contributed by atoms with Gasteiger partial charge in [0.2, 0.25) is 5.91 Å². The monoisotopic (exact) mass is 685 g/mol. The molecule has 2 aromatic heterocycles. The highest BCUT2D eigenvalue weighted by Gasteiger charge is 2.30. The summed E-state index contributed by atoms with van der Waals surface area (Å²) in [6.45, 7) is 1.34. The number of carbonyl (C=O) groups excluding carboxylic acids is 3. The number of ether oxygens (including phenoxy) is 2. The summed E-state index contributed by atoms with van der Waals surface area (Å²) in [6.07, 6.45) is -0.187. The quantitative estimate of drug-likeness (QED) is 0.239. The Bertz CT molecular complexity index is 2220. The Kier molecular flexibility index (Phi) is 8.66. The number of hydrogen-bond acceptors (Lipinski definition) is 8. The third-order valence-electron chi connectivity index (χ3n) is 9.08. The molecule has 3 aromatic carbocycles. The number of benzene rings is 3. The maximum Gasteiger partial charge on any atom is 0.407 e.